The number of nitrogens with one attached hydrogen (secondary N) is 2. The molecule has 0 spiro atoms. The molecule has 3 amide bonds. The minimum absolute atomic E-state index is 0.159. The lowest BCUT2D eigenvalue weighted by atomic mass is 10.1. The summed E-state index contributed by atoms with van der Waals surface area (Å²) in [5.74, 6) is -1.15. The molecular weight excluding hydrogens is 602 g/mol. The molecule has 42 heavy (non-hydrogen) atoms. The van der Waals surface area contributed by atoms with Crippen molar-refractivity contribution in [3.8, 4) is 0 Å². The number of carbonyl (C=O) groups excluding carboxylic acids is 3. The molecule has 2 aromatic carbocycles. The molecule has 0 radical (unpaired) electrons. The minimum atomic E-state index is -4.03. The summed E-state index contributed by atoms with van der Waals surface area (Å²) in [6.45, 7) is 1.21. The number of carbonyl (C=O) groups is 3. The Morgan fingerprint density at radius 1 is 1.05 bits per heavy atom. The highest BCUT2D eigenvalue weighted by Crippen LogP contribution is 2.22. The van der Waals surface area contributed by atoms with E-state index in [1.165, 1.54) is 9.80 Å². The van der Waals surface area contributed by atoms with Crippen molar-refractivity contribution >= 4 is 50.1 Å². The third-order valence-corrected chi connectivity index (χ3v) is 10.3. The maximum absolute atomic E-state index is 13.8. The standard InChI is InChI=1S/C28H36ClN5O6S2/c29-23-9-8-21(17-30)22(15-23)18-31-27(36)25-7-4-10-34(25)28(37)24(16-26(35)33-11-13-41(38)14-12-33)32-42(39,40)19-20-5-2-1-3-6-20/h1-3,5-6,8-9,15,24-25,32H,4,7,10-14,16-19,30H2,(H,31,36)/t24-,25+/m1/s1. The van der Waals surface area contributed by atoms with Crippen molar-refractivity contribution in [1.29, 1.82) is 0 Å². The largest absolute Gasteiger partial charge is 0.350 e. The second-order valence-corrected chi connectivity index (χ2v) is 14.3. The summed E-state index contributed by atoms with van der Waals surface area (Å²) in [7, 11) is -5.04. The number of benzene rings is 2. The van der Waals surface area contributed by atoms with Crippen molar-refractivity contribution in [2.75, 3.05) is 31.1 Å². The molecule has 11 nitrogen and oxygen atoms in total. The molecule has 2 aliphatic rings. The molecule has 2 fully saturated rings. The number of hydrogen-bond acceptors (Lipinski definition) is 7. The highest BCUT2D eigenvalue weighted by molar-refractivity contribution is 7.88. The van der Waals surface area contributed by atoms with Gasteiger partial charge in [-0.2, -0.15) is 0 Å². The summed E-state index contributed by atoms with van der Waals surface area (Å²) < 4.78 is 40.5. The zero-order valence-electron chi connectivity index (χ0n) is 23.2. The topological polar surface area (TPSA) is 159 Å². The van der Waals surface area contributed by atoms with Gasteiger partial charge in [-0.15, -0.1) is 0 Å². The van der Waals surface area contributed by atoms with Gasteiger partial charge in [0.1, 0.15) is 12.1 Å². The van der Waals surface area contributed by atoms with Crippen LogP contribution in [0.4, 0.5) is 0 Å². The van der Waals surface area contributed by atoms with E-state index in [0.29, 0.717) is 34.9 Å². The SMILES string of the molecule is NCc1ccc(Cl)cc1CNC(=O)[C@@H]1CCCN1C(=O)[C@@H](CC(=O)N1CCS(=O)CC1)NS(=O)(=O)Cc1ccccc1. The van der Waals surface area contributed by atoms with E-state index in [2.05, 4.69) is 10.0 Å². The monoisotopic (exact) mass is 637 g/mol. The van der Waals surface area contributed by atoms with Crippen LogP contribution in [0.25, 0.3) is 0 Å². The van der Waals surface area contributed by atoms with Gasteiger partial charge in [-0.25, -0.2) is 13.1 Å². The summed E-state index contributed by atoms with van der Waals surface area (Å²) in [4.78, 5) is 43.1. The highest BCUT2D eigenvalue weighted by Gasteiger charge is 2.39. The summed E-state index contributed by atoms with van der Waals surface area (Å²) >= 11 is 6.12. The lowest BCUT2D eigenvalue weighted by molar-refractivity contribution is -0.142. The number of amides is 3. The van der Waals surface area contributed by atoms with Crippen molar-refractivity contribution in [3.63, 3.8) is 0 Å². The van der Waals surface area contributed by atoms with Gasteiger partial charge in [0, 0.05) is 60.1 Å². The second kappa shape index (κ2) is 14.6. The average molecular weight is 638 g/mol. The fraction of sp³-hybridized carbons (Fsp3) is 0.464. The lowest BCUT2D eigenvalue weighted by Crippen LogP contribution is -2.55. The fourth-order valence-electron chi connectivity index (χ4n) is 5.18. The number of likely N-dealkylation sites (tertiary alicyclic amines) is 1. The molecule has 4 N–H and O–H groups in total. The van der Waals surface area contributed by atoms with Crippen molar-refractivity contribution in [3.05, 3.63) is 70.2 Å². The summed E-state index contributed by atoms with van der Waals surface area (Å²) in [5.41, 5.74) is 7.92. The third kappa shape index (κ3) is 8.60. The van der Waals surface area contributed by atoms with Crippen LogP contribution in [0.5, 0.6) is 0 Å². The van der Waals surface area contributed by atoms with Crippen molar-refractivity contribution in [2.45, 2.75) is 50.2 Å². The molecular formula is C28H36ClN5O6S2. The van der Waals surface area contributed by atoms with Gasteiger partial charge in [-0.1, -0.05) is 48.0 Å². The second-order valence-electron chi connectivity index (χ2n) is 10.4. The Labute approximate surface area is 253 Å². The Morgan fingerprint density at radius 3 is 2.45 bits per heavy atom. The van der Waals surface area contributed by atoms with Gasteiger partial charge in [-0.05, 0) is 41.7 Å². The molecule has 0 saturated carbocycles. The molecule has 14 heteroatoms. The fourth-order valence-corrected chi connectivity index (χ4v) is 7.76. The Bertz CT molecular complexity index is 1420. The van der Waals surface area contributed by atoms with Gasteiger partial charge in [0.25, 0.3) is 0 Å². The van der Waals surface area contributed by atoms with E-state index in [0.717, 1.165) is 11.1 Å². The normalized spacial score (nSPS) is 18.6. The molecule has 228 valence electrons. The van der Waals surface area contributed by atoms with Gasteiger partial charge in [0.05, 0.1) is 12.2 Å². The molecule has 0 unspecified atom stereocenters. The first-order valence-electron chi connectivity index (χ1n) is 13.8. The number of rotatable bonds is 11. The van der Waals surface area contributed by atoms with E-state index in [9.17, 15) is 27.0 Å². The van der Waals surface area contributed by atoms with E-state index in [4.69, 9.17) is 17.3 Å². The zero-order chi connectivity index (χ0) is 30.3. The Hall–Kier alpha value is -2.84. The Balaban J connectivity index is 1.49. The molecule has 0 aromatic heterocycles. The third-order valence-electron chi connectivity index (χ3n) is 7.41. The quantitative estimate of drug-likeness (QED) is 0.330. The summed E-state index contributed by atoms with van der Waals surface area (Å²) in [6, 6.07) is 11.5. The highest BCUT2D eigenvalue weighted by atomic mass is 35.5. The first-order chi connectivity index (χ1) is 20.1. The van der Waals surface area contributed by atoms with Crippen molar-refractivity contribution < 1.29 is 27.0 Å². The van der Waals surface area contributed by atoms with Gasteiger partial charge in [-0.3, -0.25) is 18.6 Å². The first-order valence-corrected chi connectivity index (χ1v) is 17.3. The average Bonchev–Trinajstić information content (AvgIpc) is 3.46. The first kappa shape index (κ1) is 32.1. The predicted molar refractivity (Wildman–Crippen MR) is 161 cm³/mol. The number of halogens is 1. The van der Waals surface area contributed by atoms with Crippen molar-refractivity contribution in [1.82, 2.24) is 19.8 Å². The number of sulfonamides is 1. The van der Waals surface area contributed by atoms with Crippen LogP contribution in [0, 0.1) is 0 Å². The smallest absolute Gasteiger partial charge is 0.243 e. The molecule has 2 aromatic rings. The van der Waals surface area contributed by atoms with Gasteiger partial charge >= 0.3 is 0 Å². The lowest BCUT2D eigenvalue weighted by Gasteiger charge is -2.31. The number of hydrogen-bond donors (Lipinski definition) is 3. The van der Waals surface area contributed by atoms with Gasteiger partial charge in [0.2, 0.25) is 27.7 Å². The van der Waals surface area contributed by atoms with Crippen LogP contribution >= 0.6 is 11.6 Å². The van der Waals surface area contributed by atoms with Crippen LogP contribution in [-0.2, 0) is 54.0 Å². The van der Waals surface area contributed by atoms with E-state index in [1.54, 1.807) is 48.5 Å². The van der Waals surface area contributed by atoms with Crippen LogP contribution in [0.2, 0.25) is 5.02 Å². The zero-order valence-corrected chi connectivity index (χ0v) is 25.6. The maximum Gasteiger partial charge on any atom is 0.243 e. The van der Waals surface area contributed by atoms with E-state index in [1.807, 2.05) is 0 Å². The minimum Gasteiger partial charge on any atom is -0.350 e. The van der Waals surface area contributed by atoms with E-state index in [-0.39, 0.29) is 44.4 Å². The number of nitrogens with zero attached hydrogens (tertiary/aromatic N) is 2. The van der Waals surface area contributed by atoms with Crippen LogP contribution in [0.1, 0.15) is 36.0 Å². The molecule has 2 saturated heterocycles. The van der Waals surface area contributed by atoms with Crippen LogP contribution in [-0.4, -0.2) is 83.4 Å². The summed E-state index contributed by atoms with van der Waals surface area (Å²) in [6.07, 6.45) is 0.531. The molecule has 0 aliphatic carbocycles. The molecule has 0 bridgehead atoms. The Kier molecular flexibility index (Phi) is 11.1. The Morgan fingerprint density at radius 2 is 1.76 bits per heavy atom. The van der Waals surface area contributed by atoms with E-state index >= 15 is 0 Å². The molecule has 4 rings (SSSR count). The van der Waals surface area contributed by atoms with Crippen molar-refractivity contribution in [2.24, 2.45) is 5.73 Å². The molecule has 2 atom stereocenters. The van der Waals surface area contributed by atoms with Gasteiger partial charge in [0.15, 0.2) is 0 Å². The van der Waals surface area contributed by atoms with Crippen LogP contribution in [0.3, 0.4) is 0 Å². The predicted octanol–water partition coefficient (Wildman–Crippen LogP) is 0.875. The van der Waals surface area contributed by atoms with Crippen LogP contribution < -0.4 is 15.8 Å². The number of nitrogens with two attached hydrogens (primary N) is 1. The van der Waals surface area contributed by atoms with E-state index < -0.39 is 51.1 Å². The molecule has 2 heterocycles. The maximum atomic E-state index is 13.8. The van der Waals surface area contributed by atoms with Gasteiger partial charge < -0.3 is 20.9 Å². The molecule has 2 aliphatic heterocycles. The van der Waals surface area contributed by atoms with Crippen LogP contribution in [0.15, 0.2) is 48.5 Å². The summed E-state index contributed by atoms with van der Waals surface area (Å²) in [5, 5.41) is 3.36.